The second-order valence-corrected chi connectivity index (χ2v) is 6.25. The molecule has 2 N–H and O–H groups in total. The first-order valence-corrected chi connectivity index (χ1v) is 8.58. The molecule has 2 aromatic carbocycles. The zero-order chi connectivity index (χ0) is 18.1. The number of quaternary nitrogens is 1. The molecule has 0 bridgehead atoms. The normalized spacial score (nSPS) is 11.6. The van der Waals surface area contributed by atoms with Crippen LogP contribution in [0.2, 0.25) is 5.02 Å². The van der Waals surface area contributed by atoms with Gasteiger partial charge in [0.15, 0.2) is 6.54 Å². The largest absolute Gasteiger partial charge is 0.497 e. The minimum atomic E-state index is -0.0177. The fourth-order valence-electron chi connectivity index (χ4n) is 2.34. The van der Waals surface area contributed by atoms with Gasteiger partial charge >= 0.3 is 0 Å². The summed E-state index contributed by atoms with van der Waals surface area (Å²) in [6.07, 6.45) is 0.867. The van der Waals surface area contributed by atoms with Crippen molar-refractivity contribution in [2.75, 3.05) is 39.2 Å². The molecule has 1 atom stereocenters. The molecule has 0 fully saturated rings. The number of benzene rings is 2. The summed E-state index contributed by atoms with van der Waals surface area (Å²) in [7, 11) is 3.63. The third-order valence-electron chi connectivity index (χ3n) is 3.67. The van der Waals surface area contributed by atoms with Crippen LogP contribution < -0.4 is 19.7 Å². The minimum Gasteiger partial charge on any atom is -0.497 e. The Morgan fingerprint density at radius 2 is 1.72 bits per heavy atom. The van der Waals surface area contributed by atoms with E-state index in [9.17, 15) is 4.79 Å². The first kappa shape index (κ1) is 19.1. The Balaban J connectivity index is 1.63. The van der Waals surface area contributed by atoms with Crippen molar-refractivity contribution in [3.63, 3.8) is 0 Å². The van der Waals surface area contributed by atoms with Crippen LogP contribution in [0, 0.1) is 0 Å². The smallest absolute Gasteiger partial charge is 0.279 e. The lowest BCUT2D eigenvalue weighted by molar-refractivity contribution is -0.871. The van der Waals surface area contributed by atoms with E-state index in [2.05, 4.69) is 5.32 Å². The molecule has 25 heavy (non-hydrogen) atoms. The SMILES string of the molecule is COc1ccc(OCCC[NH+](C)CC(=O)Nc2ccc(Cl)cc2)cc1. The van der Waals surface area contributed by atoms with Gasteiger partial charge < -0.3 is 19.7 Å². The third kappa shape index (κ3) is 7.03. The van der Waals surface area contributed by atoms with Gasteiger partial charge in [-0.25, -0.2) is 0 Å². The first-order valence-electron chi connectivity index (χ1n) is 8.20. The van der Waals surface area contributed by atoms with E-state index in [4.69, 9.17) is 21.1 Å². The molecule has 0 aromatic heterocycles. The van der Waals surface area contributed by atoms with Crippen LogP contribution in [0.25, 0.3) is 0 Å². The second-order valence-electron chi connectivity index (χ2n) is 5.82. The van der Waals surface area contributed by atoms with Crippen molar-refractivity contribution in [1.29, 1.82) is 0 Å². The standard InChI is InChI=1S/C19H23ClN2O3/c1-22(14-19(23)21-16-6-4-15(20)5-7-16)12-3-13-25-18-10-8-17(24-2)9-11-18/h4-11H,3,12-14H2,1-2H3,(H,21,23)/p+1. The van der Waals surface area contributed by atoms with Crippen molar-refractivity contribution >= 4 is 23.2 Å². The maximum atomic E-state index is 12.0. The molecule has 6 heteroatoms. The van der Waals surface area contributed by atoms with Crippen LogP contribution in [0.5, 0.6) is 11.5 Å². The molecule has 0 saturated heterocycles. The fourth-order valence-corrected chi connectivity index (χ4v) is 2.46. The Kier molecular flexibility index (Phi) is 7.57. The van der Waals surface area contributed by atoms with E-state index in [1.807, 2.05) is 31.3 Å². The van der Waals surface area contributed by atoms with Gasteiger partial charge in [-0.05, 0) is 48.5 Å². The van der Waals surface area contributed by atoms with Crippen LogP contribution >= 0.6 is 11.6 Å². The number of rotatable bonds is 9. The van der Waals surface area contributed by atoms with Crippen molar-refractivity contribution < 1.29 is 19.2 Å². The summed E-state index contributed by atoms with van der Waals surface area (Å²) in [5, 5.41) is 3.52. The molecule has 0 aliphatic heterocycles. The number of carbonyl (C=O) groups is 1. The van der Waals surface area contributed by atoms with Crippen molar-refractivity contribution in [2.45, 2.75) is 6.42 Å². The monoisotopic (exact) mass is 363 g/mol. The summed E-state index contributed by atoms with van der Waals surface area (Å²) in [5.41, 5.74) is 0.755. The van der Waals surface area contributed by atoms with Crippen LogP contribution in [0.15, 0.2) is 48.5 Å². The maximum absolute atomic E-state index is 12.0. The predicted octanol–water partition coefficient (Wildman–Crippen LogP) is 2.27. The van der Waals surface area contributed by atoms with Crippen LogP contribution in [-0.2, 0) is 4.79 Å². The molecule has 0 aliphatic carbocycles. The highest BCUT2D eigenvalue weighted by atomic mass is 35.5. The van der Waals surface area contributed by atoms with Gasteiger partial charge in [0.25, 0.3) is 5.91 Å². The highest BCUT2D eigenvalue weighted by Gasteiger charge is 2.10. The Bertz CT molecular complexity index is 659. The van der Waals surface area contributed by atoms with Crippen LogP contribution in [-0.4, -0.2) is 39.8 Å². The molecule has 2 rings (SSSR count). The van der Waals surface area contributed by atoms with Gasteiger partial charge in [-0.2, -0.15) is 0 Å². The number of carbonyl (C=O) groups excluding carboxylic acids is 1. The molecule has 0 radical (unpaired) electrons. The number of hydrogen-bond acceptors (Lipinski definition) is 3. The topological polar surface area (TPSA) is 52.0 Å². The summed E-state index contributed by atoms with van der Waals surface area (Å²) in [6.45, 7) is 1.87. The quantitative estimate of drug-likeness (QED) is 0.672. The summed E-state index contributed by atoms with van der Waals surface area (Å²) >= 11 is 5.83. The van der Waals surface area contributed by atoms with Crippen LogP contribution in [0.1, 0.15) is 6.42 Å². The highest BCUT2D eigenvalue weighted by molar-refractivity contribution is 6.30. The number of likely N-dealkylation sites (N-methyl/N-ethyl adjacent to an activating group) is 1. The van der Waals surface area contributed by atoms with Gasteiger partial charge in [-0.1, -0.05) is 11.6 Å². The summed E-state index contributed by atoms with van der Waals surface area (Å²) in [4.78, 5) is 13.1. The minimum absolute atomic E-state index is 0.0177. The van der Waals surface area contributed by atoms with Crippen LogP contribution in [0.4, 0.5) is 5.69 Å². The zero-order valence-electron chi connectivity index (χ0n) is 14.5. The number of amides is 1. The predicted molar refractivity (Wildman–Crippen MR) is 99.8 cm³/mol. The lowest BCUT2D eigenvalue weighted by Gasteiger charge is -2.14. The number of nitrogens with one attached hydrogen (secondary N) is 2. The molecule has 0 saturated carbocycles. The van der Waals surface area contributed by atoms with Crippen LogP contribution in [0.3, 0.4) is 0 Å². The highest BCUT2D eigenvalue weighted by Crippen LogP contribution is 2.17. The molecule has 0 spiro atoms. The Morgan fingerprint density at radius 1 is 1.08 bits per heavy atom. The van der Waals surface area contributed by atoms with E-state index in [1.54, 1.807) is 31.4 Å². The molecule has 0 heterocycles. The Labute approximate surface area is 153 Å². The lowest BCUT2D eigenvalue weighted by Crippen LogP contribution is -3.10. The van der Waals surface area contributed by atoms with Gasteiger partial charge in [0.1, 0.15) is 11.5 Å². The Hall–Kier alpha value is -2.24. The molecule has 134 valence electrons. The maximum Gasteiger partial charge on any atom is 0.279 e. The van der Waals surface area contributed by atoms with E-state index >= 15 is 0 Å². The Morgan fingerprint density at radius 3 is 2.36 bits per heavy atom. The van der Waals surface area contributed by atoms with Gasteiger partial charge in [0.2, 0.25) is 0 Å². The molecule has 0 aliphatic rings. The van der Waals surface area contributed by atoms with E-state index in [0.717, 1.165) is 35.1 Å². The first-order chi connectivity index (χ1) is 12.1. The molecule has 2 aromatic rings. The van der Waals surface area contributed by atoms with Crippen molar-refractivity contribution in [2.24, 2.45) is 0 Å². The molecule has 1 unspecified atom stereocenters. The van der Waals surface area contributed by atoms with Crippen molar-refractivity contribution in [1.82, 2.24) is 0 Å². The van der Waals surface area contributed by atoms with Gasteiger partial charge in [-0.15, -0.1) is 0 Å². The van der Waals surface area contributed by atoms with Gasteiger partial charge in [-0.3, -0.25) is 4.79 Å². The zero-order valence-corrected chi connectivity index (χ0v) is 15.3. The van der Waals surface area contributed by atoms with Gasteiger partial charge in [0, 0.05) is 17.1 Å². The summed E-state index contributed by atoms with van der Waals surface area (Å²) < 4.78 is 10.8. The number of anilines is 1. The van der Waals surface area contributed by atoms with E-state index < -0.39 is 0 Å². The third-order valence-corrected chi connectivity index (χ3v) is 3.92. The van der Waals surface area contributed by atoms with Crippen molar-refractivity contribution in [3.8, 4) is 11.5 Å². The average Bonchev–Trinajstić information content (AvgIpc) is 2.61. The number of hydrogen-bond donors (Lipinski definition) is 2. The lowest BCUT2D eigenvalue weighted by atomic mass is 10.3. The van der Waals surface area contributed by atoms with E-state index in [1.165, 1.54) is 0 Å². The second kappa shape index (κ2) is 9.91. The molecule has 1 amide bonds. The van der Waals surface area contributed by atoms with E-state index in [-0.39, 0.29) is 5.91 Å². The average molecular weight is 364 g/mol. The fraction of sp³-hybridized carbons (Fsp3) is 0.316. The molecule has 5 nitrogen and oxygen atoms in total. The number of ether oxygens (including phenoxy) is 2. The van der Waals surface area contributed by atoms with Gasteiger partial charge in [0.05, 0.1) is 27.3 Å². The number of halogens is 1. The summed E-state index contributed by atoms with van der Waals surface area (Å²) in [6, 6.07) is 14.6. The molecular weight excluding hydrogens is 340 g/mol. The van der Waals surface area contributed by atoms with E-state index in [0.29, 0.717) is 18.2 Å². The number of methoxy groups -OCH3 is 1. The summed E-state index contributed by atoms with van der Waals surface area (Å²) in [5.74, 6) is 1.61. The molecular formula is C19H24ClN2O3+. The van der Waals surface area contributed by atoms with Crippen molar-refractivity contribution in [3.05, 3.63) is 53.6 Å².